The number of aryl methyl sites for hydroxylation is 3. The van der Waals surface area contributed by atoms with Crippen LogP contribution in [0.1, 0.15) is 99.8 Å². The molecule has 3 aromatic carbocycles. The predicted molar refractivity (Wildman–Crippen MR) is 150 cm³/mol. The molecule has 3 aromatic rings. The second kappa shape index (κ2) is 13.9. The minimum Gasteiger partial charge on any atom is -0.206 e. The van der Waals surface area contributed by atoms with Gasteiger partial charge in [-0.2, -0.15) is 13.2 Å². The molecule has 0 nitrogen and oxygen atoms in total. The van der Waals surface area contributed by atoms with E-state index in [1.165, 1.54) is 69.8 Å². The van der Waals surface area contributed by atoms with Crippen molar-refractivity contribution in [1.82, 2.24) is 0 Å². The first-order valence-electron chi connectivity index (χ1n) is 14.9. The zero-order valence-corrected chi connectivity index (χ0v) is 23.4. The first-order valence-corrected chi connectivity index (χ1v) is 14.9. The second-order valence-corrected chi connectivity index (χ2v) is 11.7. The summed E-state index contributed by atoms with van der Waals surface area (Å²) in [6.45, 7) is 2.25. The molecule has 1 aliphatic rings. The fourth-order valence-corrected chi connectivity index (χ4v) is 6.27. The van der Waals surface area contributed by atoms with Gasteiger partial charge in [-0.3, -0.25) is 0 Å². The van der Waals surface area contributed by atoms with E-state index in [1.54, 1.807) is 12.1 Å². The summed E-state index contributed by atoms with van der Waals surface area (Å²) in [6.07, 6.45) is 10.6. The number of benzene rings is 3. The Morgan fingerprint density at radius 2 is 1.32 bits per heavy atom. The van der Waals surface area contributed by atoms with Gasteiger partial charge in [-0.25, -0.2) is 13.2 Å². The van der Waals surface area contributed by atoms with Gasteiger partial charge in [-0.1, -0.05) is 101 Å². The molecule has 1 saturated carbocycles. The summed E-state index contributed by atoms with van der Waals surface area (Å²) in [5.41, 5.74) is -0.292. The summed E-state index contributed by atoms with van der Waals surface area (Å²) in [5.74, 6) is -2.05. The van der Waals surface area contributed by atoms with Crippen molar-refractivity contribution < 1.29 is 26.3 Å². The van der Waals surface area contributed by atoms with Gasteiger partial charge in [-0.05, 0) is 71.7 Å². The van der Waals surface area contributed by atoms with E-state index in [0.29, 0.717) is 23.1 Å². The molecule has 218 valence electrons. The van der Waals surface area contributed by atoms with Crippen LogP contribution in [0, 0.1) is 29.3 Å². The summed E-state index contributed by atoms with van der Waals surface area (Å²) >= 11 is 0. The summed E-state index contributed by atoms with van der Waals surface area (Å²) < 4.78 is 81.5. The Morgan fingerprint density at radius 3 is 1.98 bits per heavy atom. The monoisotopic (exact) mass is 562 g/mol. The van der Waals surface area contributed by atoms with E-state index in [1.807, 2.05) is 18.2 Å². The molecule has 0 heterocycles. The van der Waals surface area contributed by atoms with Crippen molar-refractivity contribution in [2.45, 2.75) is 103 Å². The summed E-state index contributed by atoms with van der Waals surface area (Å²) in [7, 11) is 0. The molecule has 0 aromatic heterocycles. The molecule has 0 unspecified atom stereocenters. The minimum absolute atomic E-state index is 0.0214. The average Bonchev–Trinajstić information content (AvgIpc) is 2.91. The minimum atomic E-state index is -5.11. The van der Waals surface area contributed by atoms with Gasteiger partial charge in [0, 0.05) is 5.39 Å². The standard InChI is InChI=1S/C34H40F6/c1-2-3-4-5-6-7-23-8-10-24(11-9-23)12-13-25-15-19-29-28(20-25)18-17-27(33(29)37)16-14-26-21-30(35)32(31(36)22-26)34(38,39)40/h15,17-24H,2-14,16H2,1H3. The molecule has 40 heavy (non-hydrogen) atoms. The van der Waals surface area contributed by atoms with Crippen LogP contribution in [-0.4, -0.2) is 0 Å². The number of halogens is 6. The molecular weight excluding hydrogens is 522 g/mol. The van der Waals surface area contributed by atoms with Crippen LogP contribution in [0.5, 0.6) is 0 Å². The van der Waals surface area contributed by atoms with E-state index in [9.17, 15) is 22.0 Å². The Morgan fingerprint density at radius 1 is 0.675 bits per heavy atom. The van der Waals surface area contributed by atoms with Gasteiger partial charge in [0.1, 0.15) is 23.0 Å². The van der Waals surface area contributed by atoms with Gasteiger partial charge in [0.25, 0.3) is 0 Å². The zero-order chi connectivity index (χ0) is 28.7. The lowest BCUT2D eigenvalue weighted by Gasteiger charge is -2.28. The molecule has 0 radical (unpaired) electrons. The number of fused-ring (bicyclic) bond motifs is 1. The highest BCUT2D eigenvalue weighted by Gasteiger charge is 2.37. The average molecular weight is 563 g/mol. The first kappa shape index (κ1) is 30.5. The van der Waals surface area contributed by atoms with Crippen LogP contribution in [0.4, 0.5) is 26.3 Å². The van der Waals surface area contributed by atoms with Crippen LogP contribution in [0.3, 0.4) is 0 Å². The highest BCUT2D eigenvalue weighted by molar-refractivity contribution is 5.84. The second-order valence-electron chi connectivity index (χ2n) is 11.7. The number of rotatable bonds is 12. The third kappa shape index (κ3) is 8.04. The smallest absolute Gasteiger partial charge is 0.206 e. The van der Waals surface area contributed by atoms with Gasteiger partial charge in [0.15, 0.2) is 0 Å². The highest BCUT2D eigenvalue weighted by Crippen LogP contribution is 2.36. The van der Waals surface area contributed by atoms with Crippen LogP contribution in [0.25, 0.3) is 10.8 Å². The molecular formula is C34H40F6. The zero-order valence-electron chi connectivity index (χ0n) is 23.4. The Labute approximate surface area is 234 Å². The predicted octanol–water partition coefficient (Wildman–Crippen LogP) is 11.2. The third-order valence-corrected chi connectivity index (χ3v) is 8.69. The van der Waals surface area contributed by atoms with Crippen molar-refractivity contribution in [3.8, 4) is 0 Å². The van der Waals surface area contributed by atoms with Crippen molar-refractivity contribution >= 4 is 10.8 Å². The number of hydrogen-bond acceptors (Lipinski definition) is 0. The van der Waals surface area contributed by atoms with Gasteiger partial charge in [0.05, 0.1) is 0 Å². The molecule has 1 fully saturated rings. The van der Waals surface area contributed by atoms with Gasteiger partial charge < -0.3 is 0 Å². The van der Waals surface area contributed by atoms with Crippen molar-refractivity contribution in [3.05, 3.63) is 82.2 Å². The van der Waals surface area contributed by atoms with Crippen LogP contribution >= 0.6 is 0 Å². The van der Waals surface area contributed by atoms with E-state index in [-0.39, 0.29) is 18.4 Å². The van der Waals surface area contributed by atoms with E-state index in [2.05, 4.69) is 6.92 Å². The molecule has 6 heteroatoms. The summed E-state index contributed by atoms with van der Waals surface area (Å²) in [4.78, 5) is 0. The van der Waals surface area contributed by atoms with E-state index >= 15 is 4.39 Å². The number of alkyl halides is 3. The maximum atomic E-state index is 15.2. The maximum Gasteiger partial charge on any atom is 0.422 e. The van der Waals surface area contributed by atoms with Crippen LogP contribution in [-0.2, 0) is 25.4 Å². The molecule has 0 atom stereocenters. The van der Waals surface area contributed by atoms with Crippen LogP contribution in [0.15, 0.2) is 42.5 Å². The first-order chi connectivity index (χ1) is 19.2. The third-order valence-electron chi connectivity index (χ3n) is 8.69. The van der Waals surface area contributed by atoms with Crippen molar-refractivity contribution in [3.63, 3.8) is 0 Å². The Bertz CT molecular complexity index is 1230. The lowest BCUT2D eigenvalue weighted by molar-refractivity contribution is -0.142. The molecule has 0 spiro atoms. The molecule has 0 N–H and O–H groups in total. The molecule has 0 amide bonds. The molecule has 0 bridgehead atoms. The Kier molecular flexibility index (Phi) is 10.6. The Balaban J connectivity index is 1.29. The molecule has 0 saturated heterocycles. The summed E-state index contributed by atoms with van der Waals surface area (Å²) in [6, 6.07) is 10.6. The van der Waals surface area contributed by atoms with Crippen molar-refractivity contribution in [2.75, 3.05) is 0 Å². The Hall–Kier alpha value is -2.50. The summed E-state index contributed by atoms with van der Waals surface area (Å²) in [5, 5.41) is 1.28. The van der Waals surface area contributed by atoms with E-state index in [4.69, 9.17) is 0 Å². The quantitative estimate of drug-likeness (QED) is 0.152. The molecule has 0 aliphatic heterocycles. The molecule has 4 rings (SSSR count). The van der Waals surface area contributed by atoms with Crippen molar-refractivity contribution in [2.24, 2.45) is 11.8 Å². The topological polar surface area (TPSA) is 0 Å². The van der Waals surface area contributed by atoms with E-state index in [0.717, 1.165) is 30.1 Å². The van der Waals surface area contributed by atoms with Crippen LogP contribution in [0.2, 0.25) is 0 Å². The lowest BCUT2D eigenvalue weighted by atomic mass is 9.77. The lowest BCUT2D eigenvalue weighted by Crippen LogP contribution is -2.15. The van der Waals surface area contributed by atoms with Crippen molar-refractivity contribution in [1.29, 1.82) is 0 Å². The fourth-order valence-electron chi connectivity index (χ4n) is 6.27. The maximum absolute atomic E-state index is 15.2. The highest BCUT2D eigenvalue weighted by atomic mass is 19.4. The van der Waals surface area contributed by atoms with Gasteiger partial charge >= 0.3 is 6.18 Å². The van der Waals surface area contributed by atoms with Gasteiger partial charge in [0.2, 0.25) is 0 Å². The fraction of sp³-hybridized carbons (Fsp3) is 0.529. The number of hydrogen-bond donors (Lipinski definition) is 0. The molecule has 1 aliphatic carbocycles. The van der Waals surface area contributed by atoms with E-state index < -0.39 is 29.2 Å². The normalized spacial score (nSPS) is 18.0. The SMILES string of the molecule is CCCCCCCC1CCC(CCc2ccc3c(F)c(CCc4cc(F)c(C(F)(F)F)c(F)c4)ccc3c2)CC1. The largest absolute Gasteiger partial charge is 0.422 e. The van der Waals surface area contributed by atoms with Gasteiger partial charge in [-0.15, -0.1) is 0 Å². The van der Waals surface area contributed by atoms with Crippen LogP contribution < -0.4 is 0 Å². The number of unbranched alkanes of at least 4 members (excludes halogenated alkanes) is 4.